The summed E-state index contributed by atoms with van der Waals surface area (Å²) in [5, 5.41) is 4.31. The molecule has 0 aliphatic heterocycles. The van der Waals surface area contributed by atoms with Gasteiger partial charge in [0.25, 0.3) is 0 Å². The van der Waals surface area contributed by atoms with Crippen molar-refractivity contribution in [2.75, 3.05) is 5.73 Å². The van der Waals surface area contributed by atoms with E-state index < -0.39 is 0 Å². The average molecular weight is 193 g/mol. The summed E-state index contributed by atoms with van der Waals surface area (Å²) in [6.07, 6.45) is 7.44. The second kappa shape index (κ2) is 3.30. The molecule has 1 aliphatic carbocycles. The molecule has 0 radical (unpaired) electrons. The van der Waals surface area contributed by atoms with Crippen LogP contribution in [0, 0.1) is 12.3 Å². The lowest BCUT2D eigenvalue weighted by Gasteiger charge is -2.22. The van der Waals surface area contributed by atoms with Crippen LogP contribution in [0.4, 0.5) is 5.82 Å². The molecule has 1 heterocycles. The van der Waals surface area contributed by atoms with Crippen molar-refractivity contribution in [3.05, 3.63) is 11.8 Å². The summed E-state index contributed by atoms with van der Waals surface area (Å²) in [4.78, 5) is 0. The largest absolute Gasteiger partial charge is 0.382 e. The minimum absolute atomic E-state index is 0.449. The van der Waals surface area contributed by atoms with Gasteiger partial charge in [0.2, 0.25) is 0 Å². The van der Waals surface area contributed by atoms with Gasteiger partial charge in [0.05, 0.1) is 0 Å². The highest BCUT2D eigenvalue weighted by Gasteiger charge is 2.29. The summed E-state index contributed by atoms with van der Waals surface area (Å²) < 4.78 is 2.01. The Morgan fingerprint density at radius 3 is 2.64 bits per heavy atom. The molecular weight excluding hydrogens is 174 g/mol. The lowest BCUT2D eigenvalue weighted by molar-refractivity contribution is 0.268. The number of aromatic nitrogens is 2. The number of anilines is 1. The van der Waals surface area contributed by atoms with Gasteiger partial charge >= 0.3 is 0 Å². The molecule has 3 heteroatoms. The van der Waals surface area contributed by atoms with Gasteiger partial charge < -0.3 is 5.73 Å². The topological polar surface area (TPSA) is 43.8 Å². The molecule has 2 rings (SSSR count). The molecule has 0 spiro atoms. The minimum Gasteiger partial charge on any atom is -0.382 e. The lowest BCUT2D eigenvalue weighted by Crippen LogP contribution is -2.19. The molecule has 0 bridgehead atoms. The molecule has 14 heavy (non-hydrogen) atoms. The van der Waals surface area contributed by atoms with Crippen LogP contribution in [0.25, 0.3) is 0 Å². The van der Waals surface area contributed by atoms with Crippen molar-refractivity contribution in [3.63, 3.8) is 0 Å². The van der Waals surface area contributed by atoms with Gasteiger partial charge in [-0.1, -0.05) is 19.8 Å². The van der Waals surface area contributed by atoms with Crippen LogP contribution in [0.3, 0.4) is 0 Å². The van der Waals surface area contributed by atoms with Crippen molar-refractivity contribution >= 4 is 5.82 Å². The van der Waals surface area contributed by atoms with Gasteiger partial charge in [-0.25, -0.2) is 0 Å². The molecule has 0 saturated heterocycles. The fraction of sp³-hybridized carbons (Fsp3) is 0.727. The molecular formula is C11H19N3. The third kappa shape index (κ3) is 1.76. The van der Waals surface area contributed by atoms with Gasteiger partial charge in [-0.2, -0.15) is 5.10 Å². The van der Waals surface area contributed by atoms with Crippen molar-refractivity contribution in [2.45, 2.75) is 46.1 Å². The summed E-state index contributed by atoms with van der Waals surface area (Å²) in [6.45, 7) is 5.38. The van der Waals surface area contributed by atoms with E-state index in [-0.39, 0.29) is 0 Å². The number of rotatable bonds is 2. The minimum atomic E-state index is 0.449. The fourth-order valence-corrected chi connectivity index (χ4v) is 2.39. The first kappa shape index (κ1) is 9.56. The molecule has 1 aromatic rings. The number of nitrogen functional groups attached to an aromatic ring is 1. The van der Waals surface area contributed by atoms with Gasteiger partial charge in [-0.15, -0.1) is 0 Å². The molecule has 0 atom stereocenters. The molecule has 0 unspecified atom stereocenters. The number of nitrogens with zero attached hydrogens (tertiary/aromatic N) is 2. The van der Waals surface area contributed by atoms with Crippen molar-refractivity contribution in [3.8, 4) is 0 Å². The van der Waals surface area contributed by atoms with Crippen LogP contribution in [0.1, 0.15) is 38.2 Å². The van der Waals surface area contributed by atoms with E-state index in [9.17, 15) is 0 Å². The second-order valence-electron chi connectivity index (χ2n) is 4.91. The summed E-state index contributed by atoms with van der Waals surface area (Å²) in [5.41, 5.74) is 7.26. The Balaban J connectivity index is 2.10. The van der Waals surface area contributed by atoms with Crippen LogP contribution in [-0.2, 0) is 6.54 Å². The van der Waals surface area contributed by atoms with E-state index in [4.69, 9.17) is 5.73 Å². The SMILES string of the molecule is Cc1cn(CC2(C)CCCC2)nc1N. The summed E-state index contributed by atoms with van der Waals surface area (Å²) in [7, 11) is 0. The van der Waals surface area contributed by atoms with Crippen LogP contribution < -0.4 is 5.73 Å². The maximum Gasteiger partial charge on any atom is 0.148 e. The monoisotopic (exact) mass is 193 g/mol. The zero-order chi connectivity index (χ0) is 10.2. The third-order valence-corrected chi connectivity index (χ3v) is 3.34. The number of hydrogen-bond acceptors (Lipinski definition) is 2. The summed E-state index contributed by atoms with van der Waals surface area (Å²) >= 11 is 0. The predicted octanol–water partition coefficient (Wildman–Crippen LogP) is 2.35. The lowest BCUT2D eigenvalue weighted by atomic mass is 9.89. The Kier molecular flexibility index (Phi) is 2.25. The average Bonchev–Trinajstić information content (AvgIpc) is 2.62. The maximum absolute atomic E-state index is 5.73. The Bertz CT molecular complexity index is 302. The number of aryl methyl sites for hydroxylation is 1. The van der Waals surface area contributed by atoms with Gasteiger partial charge in [0, 0.05) is 18.3 Å². The molecule has 1 aliphatic rings. The Hall–Kier alpha value is -0.990. The Morgan fingerprint density at radius 2 is 2.14 bits per heavy atom. The van der Waals surface area contributed by atoms with Crippen molar-refractivity contribution in [2.24, 2.45) is 5.41 Å². The van der Waals surface area contributed by atoms with Gasteiger partial charge in [-0.3, -0.25) is 4.68 Å². The first-order valence-electron chi connectivity index (χ1n) is 5.39. The van der Waals surface area contributed by atoms with E-state index in [1.54, 1.807) is 0 Å². The van der Waals surface area contributed by atoms with E-state index in [1.165, 1.54) is 25.7 Å². The van der Waals surface area contributed by atoms with E-state index in [2.05, 4.69) is 18.2 Å². The first-order chi connectivity index (χ1) is 6.59. The standard InChI is InChI=1S/C11H19N3/c1-9-7-14(13-10(9)12)8-11(2)5-3-4-6-11/h7H,3-6,8H2,1-2H3,(H2,12,13). The molecule has 1 aromatic heterocycles. The van der Waals surface area contributed by atoms with E-state index in [0.717, 1.165) is 12.1 Å². The second-order valence-corrected chi connectivity index (χ2v) is 4.91. The molecule has 3 nitrogen and oxygen atoms in total. The van der Waals surface area contributed by atoms with Crippen molar-refractivity contribution in [1.29, 1.82) is 0 Å². The van der Waals surface area contributed by atoms with Gasteiger partial charge in [-0.05, 0) is 25.2 Å². The predicted molar refractivity (Wildman–Crippen MR) is 58.0 cm³/mol. The van der Waals surface area contributed by atoms with E-state index in [0.29, 0.717) is 11.2 Å². The molecule has 0 amide bonds. The van der Waals surface area contributed by atoms with Crippen molar-refractivity contribution < 1.29 is 0 Å². The van der Waals surface area contributed by atoms with E-state index >= 15 is 0 Å². The molecule has 78 valence electrons. The summed E-state index contributed by atoms with van der Waals surface area (Å²) in [5.74, 6) is 0.673. The fourth-order valence-electron chi connectivity index (χ4n) is 2.39. The van der Waals surface area contributed by atoms with Crippen LogP contribution in [0.2, 0.25) is 0 Å². The first-order valence-corrected chi connectivity index (χ1v) is 5.39. The van der Waals surface area contributed by atoms with Crippen molar-refractivity contribution in [1.82, 2.24) is 9.78 Å². The highest BCUT2D eigenvalue weighted by molar-refractivity contribution is 5.35. The normalized spacial score (nSPS) is 20.1. The molecule has 0 aromatic carbocycles. The van der Waals surface area contributed by atoms with E-state index in [1.807, 2.05) is 11.6 Å². The third-order valence-electron chi connectivity index (χ3n) is 3.34. The Labute approximate surface area is 85.3 Å². The number of hydrogen-bond donors (Lipinski definition) is 1. The van der Waals surface area contributed by atoms with Crippen LogP contribution in [-0.4, -0.2) is 9.78 Å². The molecule has 2 N–H and O–H groups in total. The highest BCUT2D eigenvalue weighted by Crippen LogP contribution is 2.38. The smallest absolute Gasteiger partial charge is 0.148 e. The van der Waals surface area contributed by atoms with Crippen LogP contribution >= 0.6 is 0 Å². The van der Waals surface area contributed by atoms with Gasteiger partial charge in [0.15, 0.2) is 0 Å². The summed E-state index contributed by atoms with van der Waals surface area (Å²) in [6, 6.07) is 0. The highest BCUT2D eigenvalue weighted by atomic mass is 15.3. The zero-order valence-corrected chi connectivity index (χ0v) is 9.08. The quantitative estimate of drug-likeness (QED) is 0.783. The zero-order valence-electron chi connectivity index (χ0n) is 9.08. The van der Waals surface area contributed by atoms with Gasteiger partial charge in [0.1, 0.15) is 5.82 Å². The maximum atomic E-state index is 5.73. The molecule has 1 saturated carbocycles. The number of nitrogens with two attached hydrogens (primary N) is 1. The molecule has 1 fully saturated rings. The Morgan fingerprint density at radius 1 is 1.50 bits per heavy atom. The van der Waals surface area contributed by atoms with Crippen LogP contribution in [0.5, 0.6) is 0 Å². The van der Waals surface area contributed by atoms with Crippen LogP contribution in [0.15, 0.2) is 6.20 Å².